The molecule has 2 saturated carbocycles. The SMILES string of the molecule is O=S(=O)(NC1CC2CCC1C2)c1ccc2c(c1)CNC2. The minimum atomic E-state index is -3.37. The van der Waals surface area contributed by atoms with Gasteiger partial charge in [0, 0.05) is 19.1 Å². The Balaban J connectivity index is 1.57. The van der Waals surface area contributed by atoms with Gasteiger partial charge in [0.2, 0.25) is 10.0 Å². The van der Waals surface area contributed by atoms with Crippen molar-refractivity contribution in [1.29, 1.82) is 0 Å². The van der Waals surface area contributed by atoms with E-state index in [0.717, 1.165) is 31.0 Å². The molecule has 20 heavy (non-hydrogen) atoms. The highest BCUT2D eigenvalue weighted by Crippen LogP contribution is 2.44. The summed E-state index contributed by atoms with van der Waals surface area (Å²) in [5.74, 6) is 1.31. The molecule has 108 valence electrons. The number of hydrogen-bond donors (Lipinski definition) is 2. The topological polar surface area (TPSA) is 58.2 Å². The number of nitrogens with one attached hydrogen (secondary N) is 2. The zero-order chi connectivity index (χ0) is 13.7. The Morgan fingerprint density at radius 3 is 2.70 bits per heavy atom. The molecule has 2 N–H and O–H groups in total. The minimum Gasteiger partial charge on any atom is -0.309 e. The number of rotatable bonds is 3. The minimum absolute atomic E-state index is 0.158. The molecule has 2 aliphatic carbocycles. The third kappa shape index (κ3) is 2.08. The summed E-state index contributed by atoms with van der Waals surface area (Å²) in [7, 11) is -3.37. The molecule has 0 radical (unpaired) electrons. The van der Waals surface area contributed by atoms with E-state index in [-0.39, 0.29) is 6.04 Å². The number of fused-ring (bicyclic) bond motifs is 3. The van der Waals surface area contributed by atoms with E-state index < -0.39 is 10.0 Å². The predicted octanol–water partition coefficient (Wildman–Crippen LogP) is 1.76. The van der Waals surface area contributed by atoms with Gasteiger partial charge in [0.25, 0.3) is 0 Å². The van der Waals surface area contributed by atoms with Crippen LogP contribution in [0.3, 0.4) is 0 Å². The largest absolute Gasteiger partial charge is 0.309 e. The quantitative estimate of drug-likeness (QED) is 0.892. The van der Waals surface area contributed by atoms with Crippen LogP contribution >= 0.6 is 0 Å². The molecular formula is C15H20N2O2S. The highest BCUT2D eigenvalue weighted by Gasteiger charge is 2.41. The van der Waals surface area contributed by atoms with E-state index in [1.807, 2.05) is 12.1 Å². The zero-order valence-corrected chi connectivity index (χ0v) is 12.2. The maximum atomic E-state index is 12.5. The molecule has 0 aromatic heterocycles. The lowest BCUT2D eigenvalue weighted by atomic mass is 9.96. The summed E-state index contributed by atoms with van der Waals surface area (Å²) < 4.78 is 28.0. The first-order valence-electron chi connectivity index (χ1n) is 7.47. The normalized spacial score (nSPS) is 31.7. The summed E-state index contributed by atoms with van der Waals surface area (Å²) in [5.41, 5.74) is 2.32. The van der Waals surface area contributed by atoms with Crippen molar-refractivity contribution in [3.05, 3.63) is 29.3 Å². The molecular weight excluding hydrogens is 272 g/mol. The third-order valence-electron chi connectivity index (χ3n) is 5.16. The van der Waals surface area contributed by atoms with Gasteiger partial charge in [-0.3, -0.25) is 0 Å². The van der Waals surface area contributed by atoms with Crippen molar-refractivity contribution in [1.82, 2.24) is 10.0 Å². The van der Waals surface area contributed by atoms with Crippen LogP contribution in [-0.4, -0.2) is 14.5 Å². The highest BCUT2D eigenvalue weighted by atomic mass is 32.2. The van der Waals surface area contributed by atoms with Crippen LogP contribution < -0.4 is 10.0 Å². The van der Waals surface area contributed by atoms with Gasteiger partial charge < -0.3 is 5.32 Å². The number of hydrogen-bond acceptors (Lipinski definition) is 3. The van der Waals surface area contributed by atoms with E-state index in [1.165, 1.54) is 24.8 Å². The Morgan fingerprint density at radius 1 is 1.10 bits per heavy atom. The van der Waals surface area contributed by atoms with E-state index in [9.17, 15) is 8.42 Å². The van der Waals surface area contributed by atoms with Gasteiger partial charge in [0.15, 0.2) is 0 Å². The fraction of sp³-hybridized carbons (Fsp3) is 0.600. The van der Waals surface area contributed by atoms with Crippen molar-refractivity contribution in [2.75, 3.05) is 0 Å². The first-order valence-corrected chi connectivity index (χ1v) is 8.95. The van der Waals surface area contributed by atoms with Gasteiger partial charge in [-0.2, -0.15) is 0 Å². The van der Waals surface area contributed by atoms with E-state index in [2.05, 4.69) is 10.0 Å². The summed E-state index contributed by atoms with van der Waals surface area (Å²) >= 11 is 0. The summed E-state index contributed by atoms with van der Waals surface area (Å²) in [5, 5.41) is 3.25. The predicted molar refractivity (Wildman–Crippen MR) is 76.5 cm³/mol. The van der Waals surface area contributed by atoms with Crippen LogP contribution in [0, 0.1) is 11.8 Å². The van der Waals surface area contributed by atoms with Crippen molar-refractivity contribution in [2.45, 2.75) is 49.7 Å². The molecule has 0 saturated heterocycles. The zero-order valence-electron chi connectivity index (χ0n) is 11.4. The van der Waals surface area contributed by atoms with E-state index >= 15 is 0 Å². The molecule has 3 aliphatic rings. The van der Waals surface area contributed by atoms with Crippen molar-refractivity contribution >= 4 is 10.0 Å². The Hall–Kier alpha value is -0.910. The molecule has 1 aromatic rings. The van der Waals surface area contributed by atoms with Crippen LogP contribution in [-0.2, 0) is 23.1 Å². The van der Waals surface area contributed by atoms with Crippen LogP contribution in [0.15, 0.2) is 23.1 Å². The molecule has 2 fully saturated rings. The average molecular weight is 292 g/mol. The summed E-state index contributed by atoms with van der Waals surface area (Å²) in [6, 6.07) is 5.65. The maximum absolute atomic E-state index is 12.5. The third-order valence-corrected chi connectivity index (χ3v) is 6.65. The molecule has 5 heteroatoms. The Kier molecular flexibility index (Phi) is 2.91. The van der Waals surface area contributed by atoms with Gasteiger partial charge in [0.1, 0.15) is 0 Å². The number of benzene rings is 1. The van der Waals surface area contributed by atoms with Gasteiger partial charge in [-0.1, -0.05) is 12.5 Å². The fourth-order valence-corrected chi connectivity index (χ4v) is 5.46. The molecule has 4 rings (SSSR count). The average Bonchev–Trinajstić information content (AvgIpc) is 3.13. The lowest BCUT2D eigenvalue weighted by Gasteiger charge is -2.22. The second-order valence-electron chi connectivity index (χ2n) is 6.44. The molecule has 4 nitrogen and oxygen atoms in total. The van der Waals surface area contributed by atoms with Crippen molar-refractivity contribution in [3.8, 4) is 0 Å². The van der Waals surface area contributed by atoms with Crippen LogP contribution in [0.1, 0.15) is 36.8 Å². The Morgan fingerprint density at radius 2 is 1.95 bits per heavy atom. The molecule has 0 amide bonds. The van der Waals surface area contributed by atoms with Crippen molar-refractivity contribution in [2.24, 2.45) is 11.8 Å². The summed E-state index contributed by atoms with van der Waals surface area (Å²) in [6.45, 7) is 1.61. The lowest BCUT2D eigenvalue weighted by Crippen LogP contribution is -2.38. The molecule has 2 bridgehead atoms. The fourth-order valence-electron chi connectivity index (χ4n) is 4.09. The smallest absolute Gasteiger partial charge is 0.240 e. The van der Waals surface area contributed by atoms with Gasteiger partial charge in [-0.25, -0.2) is 13.1 Å². The molecule has 1 aliphatic heterocycles. The van der Waals surface area contributed by atoms with E-state index in [4.69, 9.17) is 0 Å². The molecule has 3 unspecified atom stereocenters. The molecule has 0 spiro atoms. The first kappa shape index (κ1) is 12.8. The van der Waals surface area contributed by atoms with Gasteiger partial charge in [-0.15, -0.1) is 0 Å². The van der Waals surface area contributed by atoms with E-state index in [1.54, 1.807) is 6.07 Å². The second-order valence-corrected chi connectivity index (χ2v) is 8.15. The highest BCUT2D eigenvalue weighted by molar-refractivity contribution is 7.89. The Labute approximate surface area is 120 Å². The lowest BCUT2D eigenvalue weighted by molar-refractivity contribution is 0.390. The van der Waals surface area contributed by atoms with Crippen LogP contribution in [0.4, 0.5) is 0 Å². The second kappa shape index (κ2) is 4.55. The molecule has 1 aromatic carbocycles. The van der Waals surface area contributed by atoms with Gasteiger partial charge in [0.05, 0.1) is 4.90 Å². The van der Waals surface area contributed by atoms with Crippen LogP contribution in [0.25, 0.3) is 0 Å². The standard InChI is InChI=1S/C15H20N2O2S/c18-20(19,17-15-6-10-1-2-11(15)5-10)14-4-3-12-8-16-9-13(12)7-14/h3-4,7,10-11,15-17H,1-2,5-6,8-9H2. The van der Waals surface area contributed by atoms with E-state index in [0.29, 0.717) is 10.8 Å². The van der Waals surface area contributed by atoms with Crippen molar-refractivity contribution < 1.29 is 8.42 Å². The summed E-state index contributed by atoms with van der Waals surface area (Å²) in [6.07, 6.45) is 4.71. The van der Waals surface area contributed by atoms with Crippen molar-refractivity contribution in [3.63, 3.8) is 0 Å². The monoisotopic (exact) mass is 292 g/mol. The van der Waals surface area contributed by atoms with Gasteiger partial charge >= 0.3 is 0 Å². The molecule has 3 atom stereocenters. The van der Waals surface area contributed by atoms with Gasteiger partial charge in [-0.05, 0) is 54.4 Å². The van der Waals surface area contributed by atoms with Crippen LogP contribution in [0.2, 0.25) is 0 Å². The molecule has 1 heterocycles. The first-order chi connectivity index (χ1) is 9.62. The maximum Gasteiger partial charge on any atom is 0.240 e. The Bertz CT molecular complexity index is 641. The van der Waals surface area contributed by atoms with Crippen LogP contribution in [0.5, 0.6) is 0 Å². The number of sulfonamides is 1. The summed E-state index contributed by atoms with van der Waals surface area (Å²) in [4.78, 5) is 0.419.